The third kappa shape index (κ3) is 3.23. The van der Waals surface area contributed by atoms with Gasteiger partial charge >= 0.3 is 0 Å². The third-order valence-electron chi connectivity index (χ3n) is 2.73. The van der Waals surface area contributed by atoms with Gasteiger partial charge in [0, 0.05) is 19.2 Å². The number of amides is 2. The van der Waals surface area contributed by atoms with Gasteiger partial charge in [0.15, 0.2) is 0 Å². The third-order valence-corrected chi connectivity index (χ3v) is 2.73. The zero-order chi connectivity index (χ0) is 13.7. The van der Waals surface area contributed by atoms with Crippen LogP contribution >= 0.6 is 0 Å². The van der Waals surface area contributed by atoms with E-state index < -0.39 is 0 Å². The molecule has 0 aliphatic heterocycles. The molecule has 0 saturated carbocycles. The Bertz CT molecular complexity index is 458. The Labute approximate surface area is 106 Å². The average molecular weight is 250 g/mol. The van der Waals surface area contributed by atoms with Gasteiger partial charge in [-0.15, -0.1) is 0 Å². The van der Waals surface area contributed by atoms with Crippen molar-refractivity contribution in [3.05, 3.63) is 29.3 Å². The smallest absolute Gasteiger partial charge is 0.254 e. The van der Waals surface area contributed by atoms with Gasteiger partial charge in [-0.05, 0) is 37.6 Å². The fourth-order valence-corrected chi connectivity index (χ4v) is 1.55. The summed E-state index contributed by atoms with van der Waals surface area (Å²) in [5.74, 6) is -0.272. The highest BCUT2D eigenvalue weighted by atomic mass is 16.3. The van der Waals surface area contributed by atoms with Crippen molar-refractivity contribution in [3.8, 4) is 5.75 Å². The second kappa shape index (κ2) is 6.05. The number of nitrogens with one attached hydrogen (secondary N) is 1. The summed E-state index contributed by atoms with van der Waals surface area (Å²) in [6.07, 6.45) is 0. The van der Waals surface area contributed by atoms with Gasteiger partial charge in [-0.2, -0.15) is 0 Å². The fraction of sp³-hybridized carbons (Fsp3) is 0.385. The molecule has 0 spiro atoms. The number of nitrogens with zero attached hydrogens (tertiary/aromatic N) is 1. The molecule has 98 valence electrons. The number of hydrogen-bond acceptors (Lipinski definition) is 3. The van der Waals surface area contributed by atoms with Crippen LogP contribution in [0.15, 0.2) is 18.2 Å². The second-order valence-electron chi connectivity index (χ2n) is 3.99. The molecule has 2 N–H and O–H groups in total. The maximum Gasteiger partial charge on any atom is 0.254 e. The summed E-state index contributed by atoms with van der Waals surface area (Å²) in [6, 6.07) is 4.65. The summed E-state index contributed by atoms with van der Waals surface area (Å²) in [4.78, 5) is 24.9. The first kappa shape index (κ1) is 14.0. The largest absolute Gasteiger partial charge is 0.508 e. The van der Waals surface area contributed by atoms with Crippen molar-refractivity contribution in [2.75, 3.05) is 20.1 Å². The molecular weight excluding hydrogens is 232 g/mol. The molecule has 0 unspecified atom stereocenters. The Morgan fingerprint density at radius 2 is 2.06 bits per heavy atom. The van der Waals surface area contributed by atoms with Crippen LogP contribution in [0.5, 0.6) is 5.75 Å². The predicted molar refractivity (Wildman–Crippen MR) is 68.5 cm³/mol. The molecule has 1 aromatic rings. The summed E-state index contributed by atoms with van der Waals surface area (Å²) in [5.41, 5.74) is 1.10. The highest BCUT2D eigenvalue weighted by molar-refractivity contribution is 5.96. The van der Waals surface area contributed by atoms with Crippen LogP contribution in [-0.2, 0) is 4.79 Å². The summed E-state index contributed by atoms with van der Waals surface area (Å²) in [7, 11) is 1.53. The average Bonchev–Trinajstić information content (AvgIpc) is 2.38. The van der Waals surface area contributed by atoms with Crippen molar-refractivity contribution in [3.63, 3.8) is 0 Å². The molecule has 1 rings (SSSR count). The van der Waals surface area contributed by atoms with E-state index in [9.17, 15) is 14.7 Å². The zero-order valence-electron chi connectivity index (χ0n) is 10.9. The molecule has 5 heteroatoms. The van der Waals surface area contributed by atoms with Gasteiger partial charge < -0.3 is 15.3 Å². The number of phenols is 1. The predicted octanol–water partition coefficient (Wildman–Crippen LogP) is 0.909. The van der Waals surface area contributed by atoms with Crippen LogP contribution in [0.1, 0.15) is 22.8 Å². The first-order chi connectivity index (χ1) is 8.49. The molecule has 1 aromatic carbocycles. The first-order valence-electron chi connectivity index (χ1n) is 5.79. The zero-order valence-corrected chi connectivity index (χ0v) is 10.9. The monoisotopic (exact) mass is 250 g/mol. The number of carbonyl (C=O) groups is 2. The number of likely N-dealkylation sites (N-methyl/N-ethyl adjacent to an activating group) is 2. The quantitative estimate of drug-likeness (QED) is 0.834. The summed E-state index contributed by atoms with van der Waals surface area (Å²) in [5, 5.41) is 11.9. The topological polar surface area (TPSA) is 69.6 Å². The molecule has 0 aliphatic rings. The summed E-state index contributed by atoms with van der Waals surface area (Å²) in [6.45, 7) is 4.02. The highest BCUT2D eigenvalue weighted by Gasteiger charge is 2.17. The lowest BCUT2D eigenvalue weighted by Gasteiger charge is -2.20. The fourth-order valence-electron chi connectivity index (χ4n) is 1.55. The molecule has 0 heterocycles. The Balaban J connectivity index is 2.89. The van der Waals surface area contributed by atoms with Crippen LogP contribution < -0.4 is 5.32 Å². The van der Waals surface area contributed by atoms with Crippen molar-refractivity contribution in [1.82, 2.24) is 10.2 Å². The Hall–Kier alpha value is -2.04. The molecule has 0 aliphatic carbocycles. The van der Waals surface area contributed by atoms with Crippen molar-refractivity contribution in [2.45, 2.75) is 13.8 Å². The second-order valence-corrected chi connectivity index (χ2v) is 3.99. The molecule has 18 heavy (non-hydrogen) atoms. The van der Waals surface area contributed by atoms with Crippen molar-refractivity contribution < 1.29 is 14.7 Å². The van der Waals surface area contributed by atoms with Gasteiger partial charge in [-0.3, -0.25) is 9.59 Å². The van der Waals surface area contributed by atoms with Crippen LogP contribution in [0.25, 0.3) is 0 Å². The van der Waals surface area contributed by atoms with E-state index in [1.165, 1.54) is 18.0 Å². The first-order valence-corrected chi connectivity index (χ1v) is 5.79. The van der Waals surface area contributed by atoms with Crippen LogP contribution in [0.3, 0.4) is 0 Å². The lowest BCUT2D eigenvalue weighted by atomic mass is 10.1. The standard InChI is InChI=1S/C13H18N2O3/c1-4-15(8-12(17)14-3)13(18)10-5-6-11(16)9(2)7-10/h5-7,16H,4,8H2,1-3H3,(H,14,17). The minimum atomic E-state index is -0.218. The molecule has 0 saturated heterocycles. The molecule has 5 nitrogen and oxygen atoms in total. The molecule has 2 amide bonds. The van der Waals surface area contributed by atoms with Crippen LogP contribution in [0.2, 0.25) is 0 Å². The van der Waals surface area contributed by atoms with Gasteiger partial charge in [0.2, 0.25) is 5.91 Å². The number of hydrogen-bond donors (Lipinski definition) is 2. The van der Waals surface area contributed by atoms with E-state index in [0.717, 1.165) is 0 Å². The van der Waals surface area contributed by atoms with Crippen LogP contribution in [0, 0.1) is 6.92 Å². The molecule has 0 bridgehead atoms. The Kier molecular flexibility index (Phi) is 4.71. The minimum Gasteiger partial charge on any atom is -0.508 e. The Morgan fingerprint density at radius 3 is 2.56 bits per heavy atom. The van der Waals surface area contributed by atoms with Gasteiger partial charge in [-0.25, -0.2) is 0 Å². The molecule has 0 atom stereocenters. The van der Waals surface area contributed by atoms with Gasteiger partial charge in [0.25, 0.3) is 5.91 Å². The number of phenolic OH excluding ortho intramolecular Hbond substituents is 1. The maximum atomic E-state index is 12.2. The number of aryl methyl sites for hydroxylation is 1. The molecular formula is C13H18N2O3. The van der Waals surface area contributed by atoms with Crippen LogP contribution in [-0.4, -0.2) is 42.0 Å². The lowest BCUT2D eigenvalue weighted by Crippen LogP contribution is -2.39. The van der Waals surface area contributed by atoms with E-state index in [1.807, 2.05) is 6.92 Å². The summed E-state index contributed by atoms with van der Waals surface area (Å²) < 4.78 is 0. The van der Waals surface area contributed by atoms with E-state index in [-0.39, 0.29) is 24.1 Å². The van der Waals surface area contributed by atoms with E-state index in [4.69, 9.17) is 0 Å². The number of rotatable bonds is 4. The summed E-state index contributed by atoms with van der Waals surface area (Å²) >= 11 is 0. The van der Waals surface area contributed by atoms with Gasteiger partial charge in [0.1, 0.15) is 5.75 Å². The van der Waals surface area contributed by atoms with Gasteiger partial charge in [0.05, 0.1) is 6.54 Å². The molecule has 0 fully saturated rings. The van der Waals surface area contributed by atoms with E-state index >= 15 is 0 Å². The van der Waals surface area contributed by atoms with Crippen molar-refractivity contribution in [2.24, 2.45) is 0 Å². The van der Waals surface area contributed by atoms with Crippen LogP contribution in [0.4, 0.5) is 0 Å². The lowest BCUT2D eigenvalue weighted by molar-refractivity contribution is -0.121. The molecule has 0 radical (unpaired) electrons. The normalized spacial score (nSPS) is 9.94. The highest BCUT2D eigenvalue weighted by Crippen LogP contribution is 2.18. The minimum absolute atomic E-state index is 0.0335. The number of aromatic hydroxyl groups is 1. The maximum absolute atomic E-state index is 12.2. The van der Waals surface area contributed by atoms with E-state index in [2.05, 4.69) is 5.32 Å². The molecule has 0 aromatic heterocycles. The van der Waals surface area contributed by atoms with Crippen molar-refractivity contribution in [1.29, 1.82) is 0 Å². The van der Waals surface area contributed by atoms with Crippen molar-refractivity contribution >= 4 is 11.8 Å². The number of benzene rings is 1. The van der Waals surface area contributed by atoms with Gasteiger partial charge in [-0.1, -0.05) is 0 Å². The SMILES string of the molecule is CCN(CC(=O)NC)C(=O)c1ccc(O)c(C)c1. The Morgan fingerprint density at radius 1 is 1.39 bits per heavy atom. The van der Waals surface area contributed by atoms with E-state index in [0.29, 0.717) is 17.7 Å². The van der Waals surface area contributed by atoms with E-state index in [1.54, 1.807) is 19.1 Å². The number of carbonyl (C=O) groups excluding carboxylic acids is 2.